The molecule has 0 radical (unpaired) electrons. The van der Waals surface area contributed by atoms with Crippen LogP contribution in [0.15, 0.2) is 46.9 Å². The number of fused-ring (bicyclic) bond motifs is 1. The number of hydrogen-bond donors (Lipinski definition) is 1. The van der Waals surface area contributed by atoms with E-state index in [1.54, 1.807) is 16.8 Å². The van der Waals surface area contributed by atoms with Crippen LogP contribution in [0, 0.1) is 12.7 Å². The molecule has 6 nitrogen and oxygen atoms in total. The first-order valence-electron chi connectivity index (χ1n) is 8.38. The van der Waals surface area contributed by atoms with Crippen molar-refractivity contribution >= 4 is 27.5 Å². The number of carbonyl (C=O) groups is 1. The van der Waals surface area contributed by atoms with E-state index >= 15 is 0 Å². The van der Waals surface area contributed by atoms with Crippen molar-refractivity contribution in [3.63, 3.8) is 0 Å². The second-order valence-corrected chi connectivity index (χ2v) is 7.25. The Morgan fingerprint density at radius 2 is 2.07 bits per heavy atom. The molecule has 0 saturated carbocycles. The molecular formula is C19H16BrFN4O2. The van der Waals surface area contributed by atoms with Crippen LogP contribution in [0.4, 0.5) is 10.1 Å². The van der Waals surface area contributed by atoms with Gasteiger partial charge < -0.3 is 10.1 Å². The Morgan fingerprint density at radius 3 is 2.81 bits per heavy atom. The second kappa shape index (κ2) is 7.21. The molecule has 138 valence electrons. The minimum atomic E-state index is -0.328. The summed E-state index contributed by atoms with van der Waals surface area (Å²) in [5.74, 6) is -0.622. The van der Waals surface area contributed by atoms with Gasteiger partial charge in [-0.3, -0.25) is 4.79 Å². The summed E-state index contributed by atoms with van der Waals surface area (Å²) >= 11 is 3.40. The molecular weight excluding hydrogens is 415 g/mol. The van der Waals surface area contributed by atoms with Crippen LogP contribution in [0.25, 0.3) is 0 Å². The highest BCUT2D eigenvalue weighted by Gasteiger charge is 2.28. The molecule has 27 heavy (non-hydrogen) atoms. The van der Waals surface area contributed by atoms with Crippen LogP contribution in [-0.2, 0) is 17.9 Å². The number of nitrogens with one attached hydrogen (secondary N) is 1. The summed E-state index contributed by atoms with van der Waals surface area (Å²) in [6.07, 6.45) is -0.260. The van der Waals surface area contributed by atoms with Crippen molar-refractivity contribution in [1.29, 1.82) is 0 Å². The number of carbonyl (C=O) groups excluding carboxylic acids is 1. The van der Waals surface area contributed by atoms with Gasteiger partial charge in [0.1, 0.15) is 11.9 Å². The molecule has 1 aliphatic rings. The van der Waals surface area contributed by atoms with Gasteiger partial charge in [-0.15, -0.1) is 5.10 Å². The van der Waals surface area contributed by atoms with E-state index in [2.05, 4.69) is 31.6 Å². The van der Waals surface area contributed by atoms with Crippen molar-refractivity contribution in [3.05, 3.63) is 75.3 Å². The minimum absolute atomic E-state index is 0.205. The molecule has 8 heteroatoms. The molecule has 2 aromatic carbocycles. The molecule has 1 atom stereocenters. The average molecular weight is 431 g/mol. The molecule has 0 saturated heterocycles. The molecule has 1 amide bonds. The van der Waals surface area contributed by atoms with Crippen LogP contribution >= 0.6 is 15.9 Å². The van der Waals surface area contributed by atoms with Crippen molar-refractivity contribution in [3.8, 4) is 0 Å². The lowest BCUT2D eigenvalue weighted by molar-refractivity contribution is -0.00174. The number of benzene rings is 2. The Morgan fingerprint density at radius 1 is 1.30 bits per heavy atom. The summed E-state index contributed by atoms with van der Waals surface area (Å²) < 4.78 is 21.6. The van der Waals surface area contributed by atoms with E-state index in [1.807, 2.05) is 25.1 Å². The fourth-order valence-electron chi connectivity index (χ4n) is 3.02. The molecule has 1 unspecified atom stereocenters. The number of rotatable bonds is 3. The maximum absolute atomic E-state index is 13.1. The van der Waals surface area contributed by atoms with Gasteiger partial charge in [0.15, 0.2) is 5.69 Å². The Labute approximate surface area is 163 Å². The van der Waals surface area contributed by atoms with E-state index in [0.717, 1.165) is 15.6 Å². The van der Waals surface area contributed by atoms with Gasteiger partial charge >= 0.3 is 0 Å². The maximum Gasteiger partial charge on any atom is 0.278 e. The fourth-order valence-corrected chi connectivity index (χ4v) is 3.49. The summed E-state index contributed by atoms with van der Waals surface area (Å²) in [5, 5.41) is 11.0. The van der Waals surface area contributed by atoms with Gasteiger partial charge in [-0.25, -0.2) is 9.07 Å². The lowest BCUT2D eigenvalue weighted by Gasteiger charge is -2.24. The number of aromatic nitrogens is 3. The van der Waals surface area contributed by atoms with Gasteiger partial charge in [0.2, 0.25) is 0 Å². The fraction of sp³-hybridized carbons (Fsp3) is 0.211. The lowest BCUT2D eigenvalue weighted by Crippen LogP contribution is -2.24. The van der Waals surface area contributed by atoms with E-state index < -0.39 is 0 Å². The van der Waals surface area contributed by atoms with Gasteiger partial charge in [-0.2, -0.15) is 0 Å². The van der Waals surface area contributed by atoms with Gasteiger partial charge in [0.05, 0.1) is 18.8 Å². The Kier molecular flexibility index (Phi) is 4.75. The summed E-state index contributed by atoms with van der Waals surface area (Å²) in [7, 11) is 0. The average Bonchev–Trinajstić information content (AvgIpc) is 3.08. The molecule has 0 spiro atoms. The quantitative estimate of drug-likeness (QED) is 0.681. The van der Waals surface area contributed by atoms with Crippen LogP contribution in [-0.4, -0.2) is 20.9 Å². The minimum Gasteiger partial charge on any atom is -0.365 e. The molecule has 3 aromatic rings. The number of ether oxygens (including phenoxy) is 1. The standard InChI is InChI=1S/C19H16BrFN4O2/c1-11-8-13(20)4-7-15(11)22-19(26)18-16-10-27-17(9-25(16)24-23-18)12-2-5-14(21)6-3-12/h2-8,17H,9-10H2,1H3,(H,22,26). The zero-order valence-electron chi connectivity index (χ0n) is 14.4. The number of nitrogens with zero attached hydrogens (tertiary/aromatic N) is 3. The van der Waals surface area contributed by atoms with Crippen molar-refractivity contribution < 1.29 is 13.9 Å². The van der Waals surface area contributed by atoms with Crippen molar-refractivity contribution in [2.24, 2.45) is 0 Å². The second-order valence-electron chi connectivity index (χ2n) is 6.33. The molecule has 0 bridgehead atoms. The molecule has 2 heterocycles. The van der Waals surface area contributed by atoms with E-state index in [4.69, 9.17) is 4.74 Å². The molecule has 1 aromatic heterocycles. The van der Waals surface area contributed by atoms with E-state index in [-0.39, 0.29) is 30.1 Å². The molecule has 1 N–H and O–H groups in total. The molecule has 4 rings (SSSR count). The largest absolute Gasteiger partial charge is 0.365 e. The third kappa shape index (κ3) is 3.63. The normalized spacial score (nSPS) is 16.0. The van der Waals surface area contributed by atoms with E-state index in [1.165, 1.54) is 12.1 Å². The third-order valence-electron chi connectivity index (χ3n) is 4.49. The predicted molar refractivity (Wildman–Crippen MR) is 101 cm³/mol. The maximum atomic E-state index is 13.1. The molecule has 1 aliphatic heterocycles. The highest BCUT2D eigenvalue weighted by Crippen LogP contribution is 2.27. The summed E-state index contributed by atoms with van der Waals surface area (Å²) in [4.78, 5) is 12.6. The summed E-state index contributed by atoms with van der Waals surface area (Å²) in [6, 6.07) is 11.8. The van der Waals surface area contributed by atoms with Crippen molar-refractivity contribution in [2.45, 2.75) is 26.2 Å². The topological polar surface area (TPSA) is 69.0 Å². The van der Waals surface area contributed by atoms with E-state index in [9.17, 15) is 9.18 Å². The first kappa shape index (κ1) is 17.8. The third-order valence-corrected chi connectivity index (χ3v) is 4.98. The number of hydrogen-bond acceptors (Lipinski definition) is 4. The lowest BCUT2D eigenvalue weighted by atomic mass is 10.1. The number of anilines is 1. The van der Waals surface area contributed by atoms with Gasteiger partial charge in [-0.05, 0) is 48.4 Å². The predicted octanol–water partition coefficient (Wildman–Crippen LogP) is 4.01. The highest BCUT2D eigenvalue weighted by atomic mass is 79.9. The van der Waals surface area contributed by atoms with Gasteiger partial charge in [0, 0.05) is 10.2 Å². The summed E-state index contributed by atoms with van der Waals surface area (Å²) in [5.41, 5.74) is 3.38. The zero-order chi connectivity index (χ0) is 19.0. The first-order valence-corrected chi connectivity index (χ1v) is 9.17. The van der Waals surface area contributed by atoms with E-state index in [0.29, 0.717) is 17.9 Å². The Bertz CT molecular complexity index is 1000. The van der Waals surface area contributed by atoms with Crippen LogP contribution < -0.4 is 5.32 Å². The van der Waals surface area contributed by atoms with Gasteiger partial charge in [0.25, 0.3) is 5.91 Å². The van der Waals surface area contributed by atoms with Crippen LogP contribution in [0.3, 0.4) is 0 Å². The summed E-state index contributed by atoms with van der Waals surface area (Å²) in [6.45, 7) is 2.54. The number of halogens is 2. The van der Waals surface area contributed by atoms with Gasteiger partial charge in [-0.1, -0.05) is 33.3 Å². The molecule has 0 fully saturated rings. The number of aryl methyl sites for hydroxylation is 1. The smallest absolute Gasteiger partial charge is 0.278 e. The Hall–Kier alpha value is -2.58. The Balaban J connectivity index is 1.52. The zero-order valence-corrected chi connectivity index (χ0v) is 16.0. The molecule has 0 aliphatic carbocycles. The van der Waals surface area contributed by atoms with Crippen LogP contribution in [0.5, 0.6) is 0 Å². The monoisotopic (exact) mass is 430 g/mol. The first-order chi connectivity index (χ1) is 13.0. The SMILES string of the molecule is Cc1cc(Br)ccc1NC(=O)c1nnn2c1COC(c1ccc(F)cc1)C2. The van der Waals surface area contributed by atoms with Crippen LogP contribution in [0.2, 0.25) is 0 Å². The van der Waals surface area contributed by atoms with Crippen molar-refractivity contribution in [1.82, 2.24) is 15.0 Å². The van der Waals surface area contributed by atoms with Crippen molar-refractivity contribution in [2.75, 3.05) is 5.32 Å². The highest BCUT2D eigenvalue weighted by molar-refractivity contribution is 9.10. The number of amides is 1. The van der Waals surface area contributed by atoms with Crippen LogP contribution in [0.1, 0.15) is 33.4 Å².